The molecule has 156 valence electrons. The third-order valence-corrected chi connectivity index (χ3v) is 6.22. The highest BCUT2D eigenvalue weighted by atomic mass is 16.4. The van der Waals surface area contributed by atoms with Crippen LogP contribution < -0.4 is 0 Å². The molecule has 0 aliphatic heterocycles. The lowest BCUT2D eigenvalue weighted by molar-refractivity contribution is 0.0696. The van der Waals surface area contributed by atoms with Gasteiger partial charge >= 0.3 is 5.97 Å². The van der Waals surface area contributed by atoms with Crippen molar-refractivity contribution in [2.45, 2.75) is 44.6 Å². The summed E-state index contributed by atoms with van der Waals surface area (Å²) in [6, 6.07) is 12.2. The van der Waals surface area contributed by atoms with Crippen molar-refractivity contribution >= 4 is 17.0 Å². The molecule has 1 aliphatic rings. The Kier molecular flexibility index (Phi) is 5.62. The average molecular weight is 404 g/mol. The maximum Gasteiger partial charge on any atom is 0.337 e. The van der Waals surface area contributed by atoms with E-state index in [2.05, 4.69) is 35.4 Å². The first-order valence-electron chi connectivity index (χ1n) is 10.6. The van der Waals surface area contributed by atoms with Gasteiger partial charge in [0.05, 0.1) is 28.8 Å². The summed E-state index contributed by atoms with van der Waals surface area (Å²) in [5, 5.41) is 9.57. The molecule has 0 atom stereocenters. The van der Waals surface area contributed by atoms with E-state index < -0.39 is 5.97 Å². The molecule has 1 saturated carbocycles. The van der Waals surface area contributed by atoms with Gasteiger partial charge in [0.1, 0.15) is 0 Å². The van der Waals surface area contributed by atoms with Crippen molar-refractivity contribution in [3.05, 3.63) is 66.0 Å². The van der Waals surface area contributed by atoms with Crippen LogP contribution in [0.2, 0.25) is 0 Å². The number of carbonyl (C=O) groups is 1. The number of allylic oxidation sites excluding steroid dienone is 1. The third kappa shape index (κ3) is 3.72. The number of nitrogens with zero attached hydrogens (tertiary/aromatic N) is 3. The molecular formula is C25H29N3O2. The number of hydrogen-bond acceptors (Lipinski definition) is 3. The highest BCUT2D eigenvalue weighted by Crippen LogP contribution is 2.43. The highest BCUT2D eigenvalue weighted by molar-refractivity contribution is 5.95. The molecule has 5 heteroatoms. The second-order valence-electron chi connectivity index (χ2n) is 8.41. The minimum atomic E-state index is -0.955. The molecule has 1 aromatic carbocycles. The van der Waals surface area contributed by atoms with Crippen LogP contribution >= 0.6 is 0 Å². The van der Waals surface area contributed by atoms with Gasteiger partial charge in [-0.25, -0.2) is 4.79 Å². The lowest BCUT2D eigenvalue weighted by Crippen LogP contribution is -2.16. The van der Waals surface area contributed by atoms with Crippen LogP contribution in [0.5, 0.6) is 0 Å². The second-order valence-corrected chi connectivity index (χ2v) is 8.41. The van der Waals surface area contributed by atoms with Crippen LogP contribution in [0.1, 0.15) is 53.9 Å². The van der Waals surface area contributed by atoms with Crippen LogP contribution in [0, 0.1) is 0 Å². The summed E-state index contributed by atoms with van der Waals surface area (Å²) in [7, 11) is 3.97. The maximum absolute atomic E-state index is 11.7. The standard InChI is InChI=1S/C25H29N3O2/c1-17(27(2)3)16-28-21-14-20(25(29)30)15-26-23(21)22(18-10-6-4-7-11-18)24(28)19-12-8-5-9-13-19/h5,8-9,12-15,18H,1,4,6-7,10-11,16H2,2-3H3,(H,29,30). The van der Waals surface area contributed by atoms with Gasteiger partial charge in [-0.1, -0.05) is 56.2 Å². The Morgan fingerprint density at radius 1 is 1.20 bits per heavy atom. The van der Waals surface area contributed by atoms with Gasteiger partial charge in [0.25, 0.3) is 0 Å². The predicted molar refractivity (Wildman–Crippen MR) is 121 cm³/mol. The summed E-state index contributed by atoms with van der Waals surface area (Å²) >= 11 is 0. The van der Waals surface area contributed by atoms with Gasteiger partial charge in [0, 0.05) is 31.6 Å². The molecule has 4 rings (SSSR count). The Bertz CT molecular complexity index is 1080. The molecule has 2 aromatic heterocycles. The van der Waals surface area contributed by atoms with Crippen LogP contribution in [0.3, 0.4) is 0 Å². The van der Waals surface area contributed by atoms with Crippen LogP contribution in [0.25, 0.3) is 22.3 Å². The van der Waals surface area contributed by atoms with Gasteiger partial charge < -0.3 is 14.6 Å². The maximum atomic E-state index is 11.7. The molecule has 0 spiro atoms. The van der Waals surface area contributed by atoms with Crippen LogP contribution in [0.4, 0.5) is 0 Å². The zero-order valence-corrected chi connectivity index (χ0v) is 17.8. The number of aromatic carboxylic acids is 1. The lowest BCUT2D eigenvalue weighted by Gasteiger charge is -2.24. The SMILES string of the molecule is C=C(Cn1c(-c2ccccc2)c(C2CCCCC2)c2ncc(C(=O)O)cc21)N(C)C. The van der Waals surface area contributed by atoms with E-state index in [0.717, 1.165) is 40.8 Å². The van der Waals surface area contributed by atoms with E-state index in [-0.39, 0.29) is 5.56 Å². The Labute approximate surface area is 177 Å². The lowest BCUT2D eigenvalue weighted by atomic mass is 9.82. The first-order chi connectivity index (χ1) is 14.5. The van der Waals surface area contributed by atoms with E-state index in [1.165, 1.54) is 31.0 Å². The Morgan fingerprint density at radius 2 is 1.90 bits per heavy atom. The smallest absolute Gasteiger partial charge is 0.337 e. The van der Waals surface area contributed by atoms with Gasteiger partial charge in [0.2, 0.25) is 0 Å². The van der Waals surface area contributed by atoms with Crippen LogP contribution in [-0.4, -0.2) is 39.6 Å². The van der Waals surface area contributed by atoms with Crippen LogP contribution in [-0.2, 0) is 6.54 Å². The fourth-order valence-corrected chi connectivity index (χ4v) is 4.53. The molecule has 1 aliphatic carbocycles. The van der Waals surface area contributed by atoms with Crippen molar-refractivity contribution in [3.63, 3.8) is 0 Å². The zero-order chi connectivity index (χ0) is 21.3. The Morgan fingerprint density at radius 3 is 2.53 bits per heavy atom. The number of aromatic nitrogens is 2. The van der Waals surface area contributed by atoms with Gasteiger partial charge in [-0.05, 0) is 30.4 Å². The number of likely N-dealkylation sites (N-methyl/N-ethyl adjacent to an activating group) is 1. The highest BCUT2D eigenvalue weighted by Gasteiger charge is 2.28. The van der Waals surface area contributed by atoms with E-state index >= 15 is 0 Å². The molecule has 0 unspecified atom stereocenters. The normalized spacial score (nSPS) is 14.7. The van der Waals surface area contributed by atoms with E-state index in [4.69, 9.17) is 4.98 Å². The van der Waals surface area contributed by atoms with Crippen molar-refractivity contribution in [2.75, 3.05) is 14.1 Å². The van der Waals surface area contributed by atoms with Crippen molar-refractivity contribution in [2.24, 2.45) is 0 Å². The second kappa shape index (κ2) is 8.34. The fourth-order valence-electron chi connectivity index (χ4n) is 4.53. The van der Waals surface area contributed by atoms with Crippen LogP contribution in [0.15, 0.2) is 54.9 Å². The van der Waals surface area contributed by atoms with Gasteiger partial charge in [-0.2, -0.15) is 0 Å². The third-order valence-electron chi connectivity index (χ3n) is 6.22. The van der Waals surface area contributed by atoms with E-state index in [0.29, 0.717) is 12.5 Å². The average Bonchev–Trinajstić information content (AvgIpc) is 3.08. The summed E-state index contributed by atoms with van der Waals surface area (Å²) < 4.78 is 2.22. The molecule has 0 bridgehead atoms. The molecule has 30 heavy (non-hydrogen) atoms. The Hall–Kier alpha value is -3.08. The topological polar surface area (TPSA) is 58.4 Å². The molecule has 1 N–H and O–H groups in total. The fraction of sp³-hybridized carbons (Fsp3) is 0.360. The molecule has 0 radical (unpaired) electrons. The zero-order valence-electron chi connectivity index (χ0n) is 17.8. The van der Waals surface area contributed by atoms with E-state index in [9.17, 15) is 9.90 Å². The van der Waals surface area contributed by atoms with Gasteiger partial charge in [0.15, 0.2) is 0 Å². The summed E-state index contributed by atoms with van der Waals surface area (Å²) in [5.41, 5.74) is 6.52. The number of carboxylic acids is 1. The predicted octanol–water partition coefficient (Wildman–Crippen LogP) is 5.52. The van der Waals surface area contributed by atoms with Gasteiger partial charge in [-0.3, -0.25) is 4.98 Å². The Balaban J connectivity index is 2.03. The molecular weight excluding hydrogens is 374 g/mol. The summed E-state index contributed by atoms with van der Waals surface area (Å²) in [6.45, 7) is 4.83. The quantitative estimate of drug-likeness (QED) is 0.588. The number of fused-ring (bicyclic) bond motifs is 1. The summed E-state index contributed by atoms with van der Waals surface area (Å²) in [6.07, 6.45) is 7.53. The van der Waals surface area contributed by atoms with Crippen molar-refractivity contribution in [1.29, 1.82) is 0 Å². The molecule has 0 amide bonds. The van der Waals surface area contributed by atoms with E-state index in [1.54, 1.807) is 6.07 Å². The van der Waals surface area contributed by atoms with Crippen molar-refractivity contribution in [1.82, 2.24) is 14.5 Å². The number of rotatable bonds is 6. The molecule has 2 heterocycles. The largest absolute Gasteiger partial charge is 0.478 e. The molecule has 1 fully saturated rings. The van der Waals surface area contributed by atoms with E-state index in [1.807, 2.05) is 25.1 Å². The minimum absolute atomic E-state index is 0.214. The monoisotopic (exact) mass is 403 g/mol. The number of pyridine rings is 1. The summed E-state index contributed by atoms with van der Waals surface area (Å²) in [4.78, 5) is 18.4. The molecule has 0 saturated heterocycles. The number of carboxylic acid groups (broad SMARTS) is 1. The summed E-state index contributed by atoms with van der Waals surface area (Å²) in [5.74, 6) is -0.516. The molecule has 5 nitrogen and oxygen atoms in total. The minimum Gasteiger partial charge on any atom is -0.478 e. The first kappa shape index (κ1) is 20.2. The molecule has 3 aromatic rings. The number of hydrogen-bond donors (Lipinski definition) is 1. The van der Waals surface area contributed by atoms with Gasteiger partial charge in [-0.15, -0.1) is 0 Å². The van der Waals surface area contributed by atoms with Crippen molar-refractivity contribution < 1.29 is 9.90 Å². The number of benzene rings is 1. The first-order valence-corrected chi connectivity index (χ1v) is 10.6. The van der Waals surface area contributed by atoms with Crippen molar-refractivity contribution in [3.8, 4) is 11.3 Å².